The summed E-state index contributed by atoms with van der Waals surface area (Å²) in [5, 5.41) is 10.1. The summed E-state index contributed by atoms with van der Waals surface area (Å²) < 4.78 is 11.4. The third-order valence-electron chi connectivity index (χ3n) is 4.91. The summed E-state index contributed by atoms with van der Waals surface area (Å²) in [7, 11) is 1.50. The Morgan fingerprint density at radius 2 is 2.00 bits per heavy atom. The van der Waals surface area contributed by atoms with Gasteiger partial charge in [0.2, 0.25) is 5.91 Å². The van der Waals surface area contributed by atoms with Crippen LogP contribution in [-0.2, 0) is 21.0 Å². The lowest BCUT2D eigenvalue weighted by Crippen LogP contribution is -2.44. The number of carboxylic acid groups (broad SMARTS) is 1. The smallest absolute Gasteiger partial charge is 0.326 e. The molecule has 0 bridgehead atoms. The molecule has 1 atom stereocenters. The zero-order valence-corrected chi connectivity index (χ0v) is 20.4. The molecule has 1 fully saturated rings. The van der Waals surface area contributed by atoms with E-state index in [0.717, 1.165) is 22.2 Å². The molecular formula is C23H21ClN2O6S2. The molecule has 34 heavy (non-hydrogen) atoms. The molecule has 8 nitrogen and oxygen atoms in total. The van der Waals surface area contributed by atoms with Gasteiger partial charge in [-0.05, 0) is 36.3 Å². The lowest BCUT2D eigenvalue weighted by molar-refractivity contribution is -0.145. The van der Waals surface area contributed by atoms with Crippen LogP contribution in [0.1, 0.15) is 24.0 Å². The van der Waals surface area contributed by atoms with Crippen LogP contribution in [0, 0.1) is 0 Å². The maximum atomic E-state index is 12.9. The fraction of sp³-hybridized carbons (Fsp3) is 0.217. The van der Waals surface area contributed by atoms with E-state index in [4.69, 9.17) is 39.0 Å². The highest BCUT2D eigenvalue weighted by atomic mass is 35.5. The van der Waals surface area contributed by atoms with Gasteiger partial charge in [0.15, 0.2) is 11.5 Å². The molecule has 1 saturated heterocycles. The van der Waals surface area contributed by atoms with Gasteiger partial charge in [0.1, 0.15) is 17.0 Å². The normalized spacial score (nSPS) is 15.5. The first-order chi connectivity index (χ1) is 16.2. The summed E-state index contributed by atoms with van der Waals surface area (Å²) >= 11 is 12.4. The topological polar surface area (TPSA) is 119 Å². The highest BCUT2D eigenvalue weighted by molar-refractivity contribution is 8.26. The zero-order chi connectivity index (χ0) is 24.8. The predicted octanol–water partition coefficient (Wildman–Crippen LogP) is 3.85. The number of benzene rings is 2. The van der Waals surface area contributed by atoms with Crippen molar-refractivity contribution in [3.05, 3.63) is 63.5 Å². The van der Waals surface area contributed by atoms with Crippen molar-refractivity contribution < 1.29 is 29.0 Å². The van der Waals surface area contributed by atoms with Gasteiger partial charge in [0.05, 0.1) is 12.0 Å². The molecule has 1 heterocycles. The summed E-state index contributed by atoms with van der Waals surface area (Å²) in [5.74, 6) is -1.53. The van der Waals surface area contributed by atoms with Crippen LogP contribution in [0.5, 0.6) is 11.5 Å². The number of aliphatic carboxylic acids is 1. The maximum absolute atomic E-state index is 12.9. The Morgan fingerprint density at radius 3 is 2.65 bits per heavy atom. The van der Waals surface area contributed by atoms with Gasteiger partial charge in [-0.2, -0.15) is 0 Å². The molecule has 1 aliphatic rings. The fourth-order valence-electron chi connectivity index (χ4n) is 3.21. The highest BCUT2D eigenvalue weighted by Gasteiger charge is 2.40. The van der Waals surface area contributed by atoms with E-state index < -0.39 is 23.8 Å². The third-order valence-corrected chi connectivity index (χ3v) is 6.61. The largest absolute Gasteiger partial charge is 0.493 e. The molecular weight excluding hydrogens is 500 g/mol. The number of carbonyl (C=O) groups excluding carboxylic acids is 2. The van der Waals surface area contributed by atoms with Crippen molar-refractivity contribution in [2.75, 3.05) is 7.11 Å². The van der Waals surface area contributed by atoms with Crippen LogP contribution < -0.4 is 15.2 Å². The van der Waals surface area contributed by atoms with Gasteiger partial charge in [-0.25, -0.2) is 4.79 Å². The number of methoxy groups -OCH3 is 1. The average Bonchev–Trinajstić information content (AvgIpc) is 3.06. The average molecular weight is 521 g/mol. The van der Waals surface area contributed by atoms with Crippen LogP contribution in [0.3, 0.4) is 0 Å². The first kappa shape index (κ1) is 25.5. The maximum Gasteiger partial charge on any atom is 0.326 e. The Bertz CT molecular complexity index is 1170. The van der Waals surface area contributed by atoms with Crippen molar-refractivity contribution in [1.82, 2.24) is 4.90 Å². The minimum absolute atomic E-state index is 0.0970. The van der Waals surface area contributed by atoms with Crippen LogP contribution in [0.15, 0.2) is 47.4 Å². The van der Waals surface area contributed by atoms with Gasteiger partial charge in [0.25, 0.3) is 5.91 Å². The molecule has 3 rings (SSSR count). The molecule has 2 amide bonds. The fourth-order valence-corrected chi connectivity index (χ4v) is 4.75. The molecule has 0 aliphatic carbocycles. The van der Waals surface area contributed by atoms with Gasteiger partial charge in [-0.1, -0.05) is 59.8 Å². The van der Waals surface area contributed by atoms with Gasteiger partial charge in [-0.15, -0.1) is 0 Å². The lowest BCUT2D eigenvalue weighted by atomic mass is 10.1. The summed E-state index contributed by atoms with van der Waals surface area (Å²) in [4.78, 5) is 37.0. The van der Waals surface area contributed by atoms with Crippen LogP contribution in [0.2, 0.25) is 5.02 Å². The lowest BCUT2D eigenvalue weighted by Gasteiger charge is -2.22. The highest BCUT2D eigenvalue weighted by Crippen LogP contribution is 2.36. The number of ether oxygens (including phenoxy) is 2. The van der Waals surface area contributed by atoms with E-state index in [9.17, 15) is 19.5 Å². The van der Waals surface area contributed by atoms with Crippen molar-refractivity contribution in [1.29, 1.82) is 0 Å². The Morgan fingerprint density at radius 1 is 1.26 bits per heavy atom. The second-order valence-electron chi connectivity index (χ2n) is 7.20. The van der Waals surface area contributed by atoms with E-state index >= 15 is 0 Å². The SMILES string of the molecule is COc1cc(/C=C2\SC(=S)N(C(CCC(N)=O)C(=O)O)C2=O)ccc1OCc1ccccc1Cl. The number of carbonyl (C=O) groups is 3. The number of nitrogens with two attached hydrogens (primary N) is 1. The molecule has 0 saturated carbocycles. The van der Waals surface area contributed by atoms with Gasteiger partial charge in [0, 0.05) is 17.0 Å². The third kappa shape index (κ3) is 6.07. The Labute approximate surface area is 210 Å². The van der Waals surface area contributed by atoms with E-state index in [1.165, 1.54) is 7.11 Å². The Hall–Kier alpha value is -3.08. The summed E-state index contributed by atoms with van der Waals surface area (Å²) in [5.41, 5.74) is 6.58. The molecule has 2 aromatic carbocycles. The number of hydrogen-bond acceptors (Lipinski definition) is 7. The number of amides is 2. The van der Waals surface area contributed by atoms with Crippen LogP contribution in [0.25, 0.3) is 6.08 Å². The van der Waals surface area contributed by atoms with Crippen molar-refractivity contribution in [2.24, 2.45) is 5.73 Å². The van der Waals surface area contributed by atoms with Crippen molar-refractivity contribution in [3.8, 4) is 11.5 Å². The monoisotopic (exact) mass is 520 g/mol. The van der Waals surface area contributed by atoms with E-state index in [0.29, 0.717) is 22.1 Å². The number of primary amides is 1. The zero-order valence-electron chi connectivity index (χ0n) is 18.0. The minimum atomic E-state index is -1.28. The second-order valence-corrected chi connectivity index (χ2v) is 9.28. The quantitative estimate of drug-likeness (QED) is 0.358. The van der Waals surface area contributed by atoms with E-state index in [-0.39, 0.29) is 28.7 Å². The standard InChI is InChI=1S/C23H21ClN2O6S2/c1-31-18-10-13(6-8-17(18)32-12-14-4-2-3-5-15(14)24)11-19-21(28)26(23(33)34-19)16(22(29)30)7-9-20(25)27/h2-6,8,10-11,16H,7,9,12H2,1H3,(H2,25,27)(H,29,30)/b19-11-. The molecule has 0 radical (unpaired) electrons. The molecule has 0 spiro atoms. The van der Waals surface area contributed by atoms with Gasteiger partial charge >= 0.3 is 5.97 Å². The first-order valence-electron chi connectivity index (χ1n) is 10.0. The molecule has 1 aliphatic heterocycles. The van der Waals surface area contributed by atoms with Gasteiger partial charge < -0.3 is 20.3 Å². The molecule has 1 unspecified atom stereocenters. The Kier molecular flexibility index (Phi) is 8.54. The van der Waals surface area contributed by atoms with Crippen molar-refractivity contribution >= 4 is 63.8 Å². The molecule has 0 aromatic heterocycles. The van der Waals surface area contributed by atoms with Crippen molar-refractivity contribution in [3.63, 3.8) is 0 Å². The predicted molar refractivity (Wildman–Crippen MR) is 134 cm³/mol. The number of thioether (sulfide) groups is 1. The molecule has 3 N–H and O–H groups in total. The minimum Gasteiger partial charge on any atom is -0.493 e. The van der Waals surface area contributed by atoms with Crippen LogP contribution in [0.4, 0.5) is 0 Å². The van der Waals surface area contributed by atoms with E-state index in [1.54, 1.807) is 30.3 Å². The van der Waals surface area contributed by atoms with Crippen LogP contribution in [-0.4, -0.2) is 45.3 Å². The number of nitrogens with zero attached hydrogens (tertiary/aromatic N) is 1. The summed E-state index contributed by atoms with van der Waals surface area (Å²) in [6.07, 6.45) is 1.28. The number of carboxylic acids is 1. The first-order valence-corrected chi connectivity index (χ1v) is 11.6. The van der Waals surface area contributed by atoms with Crippen LogP contribution >= 0.6 is 35.6 Å². The van der Waals surface area contributed by atoms with E-state index in [1.807, 2.05) is 18.2 Å². The summed E-state index contributed by atoms with van der Waals surface area (Å²) in [6.45, 7) is 0.246. The summed E-state index contributed by atoms with van der Waals surface area (Å²) in [6, 6.07) is 11.2. The van der Waals surface area contributed by atoms with Crippen molar-refractivity contribution in [2.45, 2.75) is 25.5 Å². The number of thiocarbonyl (C=S) groups is 1. The number of hydrogen-bond donors (Lipinski definition) is 2. The van der Waals surface area contributed by atoms with Gasteiger partial charge in [-0.3, -0.25) is 14.5 Å². The number of rotatable bonds is 10. The molecule has 11 heteroatoms. The number of halogens is 1. The second kappa shape index (κ2) is 11.4. The molecule has 2 aromatic rings. The molecule has 178 valence electrons. The Balaban J connectivity index is 1.79. The van der Waals surface area contributed by atoms with E-state index in [2.05, 4.69) is 0 Å².